The zero-order chi connectivity index (χ0) is 30.4. The summed E-state index contributed by atoms with van der Waals surface area (Å²) in [6.07, 6.45) is 3.47. The molecule has 0 amide bonds. The van der Waals surface area contributed by atoms with Gasteiger partial charge >= 0.3 is 12.1 Å². The minimum absolute atomic E-state index is 0.297. The number of nitrogens with zero attached hydrogens (tertiary/aromatic N) is 2. The number of ether oxygens (including phenoxy) is 3. The summed E-state index contributed by atoms with van der Waals surface area (Å²) in [4.78, 5) is 28.3. The second-order valence-corrected chi connectivity index (χ2v) is 14.1. The molecule has 0 spiro atoms. The molecule has 2 saturated heterocycles. The van der Waals surface area contributed by atoms with Crippen LogP contribution >= 0.6 is 0 Å². The Morgan fingerprint density at radius 2 is 1.60 bits per heavy atom. The highest BCUT2D eigenvalue weighted by Crippen LogP contribution is 2.39. The van der Waals surface area contributed by atoms with Crippen molar-refractivity contribution < 1.29 is 23.8 Å². The van der Waals surface area contributed by atoms with Crippen LogP contribution in [0.1, 0.15) is 86.5 Å². The third-order valence-corrected chi connectivity index (χ3v) is 8.45. The summed E-state index contributed by atoms with van der Waals surface area (Å²) in [6, 6.07) is 12.8. The SMILES string of the molecule is Cc1cc(C)c2c(ccn2C(=O)OC(C)(C)C)c1C[C@@H]1CCN(C2COC2)C[C@H]1c1ccc(C(=O)OC(C)(C)C)cc1. The molecule has 2 aliphatic heterocycles. The highest BCUT2D eigenvalue weighted by atomic mass is 16.6. The molecule has 0 bridgehead atoms. The van der Waals surface area contributed by atoms with E-state index >= 15 is 0 Å². The van der Waals surface area contributed by atoms with E-state index in [9.17, 15) is 9.59 Å². The van der Waals surface area contributed by atoms with Gasteiger partial charge in [0.05, 0.1) is 30.3 Å². The minimum atomic E-state index is -0.569. The van der Waals surface area contributed by atoms with E-state index in [4.69, 9.17) is 14.2 Å². The zero-order valence-corrected chi connectivity index (χ0v) is 26.5. The predicted molar refractivity (Wildman–Crippen MR) is 165 cm³/mol. The molecule has 2 fully saturated rings. The molecule has 0 N–H and O–H groups in total. The first-order chi connectivity index (χ1) is 19.7. The monoisotopic (exact) mass is 574 g/mol. The van der Waals surface area contributed by atoms with Gasteiger partial charge < -0.3 is 14.2 Å². The van der Waals surface area contributed by atoms with Crippen LogP contribution in [0.25, 0.3) is 10.9 Å². The molecule has 2 atom stereocenters. The second kappa shape index (κ2) is 11.5. The molecule has 42 heavy (non-hydrogen) atoms. The molecule has 0 radical (unpaired) electrons. The molecule has 0 unspecified atom stereocenters. The summed E-state index contributed by atoms with van der Waals surface area (Å²) >= 11 is 0. The molecule has 2 aromatic carbocycles. The number of piperidine rings is 1. The van der Waals surface area contributed by atoms with E-state index in [0.29, 0.717) is 23.4 Å². The maximum atomic E-state index is 13.1. The summed E-state index contributed by atoms with van der Waals surface area (Å²) in [5, 5.41) is 1.12. The van der Waals surface area contributed by atoms with Crippen LogP contribution in [-0.2, 0) is 20.6 Å². The minimum Gasteiger partial charge on any atom is -0.456 e. The van der Waals surface area contributed by atoms with Crippen molar-refractivity contribution in [3.8, 4) is 0 Å². The Balaban J connectivity index is 1.46. The van der Waals surface area contributed by atoms with Gasteiger partial charge in [-0.2, -0.15) is 0 Å². The maximum Gasteiger partial charge on any atom is 0.418 e. The Bertz CT molecular complexity index is 1450. The Morgan fingerprint density at radius 3 is 2.19 bits per heavy atom. The van der Waals surface area contributed by atoms with Gasteiger partial charge in [0.15, 0.2) is 0 Å². The van der Waals surface area contributed by atoms with Gasteiger partial charge in [-0.1, -0.05) is 18.2 Å². The Morgan fingerprint density at radius 1 is 0.929 bits per heavy atom. The number of carbonyl (C=O) groups is 2. The van der Waals surface area contributed by atoms with Crippen LogP contribution in [0.3, 0.4) is 0 Å². The Labute approximate surface area is 250 Å². The first-order valence-corrected chi connectivity index (χ1v) is 15.2. The molecule has 1 aromatic heterocycles. The fourth-order valence-corrected chi connectivity index (χ4v) is 6.38. The number of likely N-dealkylation sites (tertiary alicyclic amines) is 1. The van der Waals surface area contributed by atoms with E-state index in [1.807, 2.05) is 59.9 Å². The Kier molecular flexibility index (Phi) is 8.29. The van der Waals surface area contributed by atoms with Crippen LogP contribution in [0.5, 0.6) is 0 Å². The molecular weight excluding hydrogens is 528 g/mol. The number of aryl methyl sites for hydroxylation is 2. The molecule has 2 aliphatic rings. The molecule has 7 heteroatoms. The van der Waals surface area contributed by atoms with Gasteiger partial charge in [-0.3, -0.25) is 9.47 Å². The maximum absolute atomic E-state index is 13.1. The van der Waals surface area contributed by atoms with E-state index in [0.717, 1.165) is 55.6 Å². The van der Waals surface area contributed by atoms with Gasteiger partial charge in [-0.25, -0.2) is 9.59 Å². The molecule has 3 heterocycles. The van der Waals surface area contributed by atoms with Gasteiger partial charge in [0, 0.05) is 18.1 Å². The number of esters is 1. The van der Waals surface area contributed by atoms with Crippen LogP contribution in [0.2, 0.25) is 0 Å². The quantitative estimate of drug-likeness (QED) is 0.304. The average molecular weight is 575 g/mol. The van der Waals surface area contributed by atoms with Crippen molar-refractivity contribution in [1.29, 1.82) is 0 Å². The fraction of sp³-hybridized carbons (Fsp3) is 0.543. The molecular formula is C35H46N2O5. The van der Waals surface area contributed by atoms with Crippen LogP contribution in [0.4, 0.5) is 4.79 Å². The van der Waals surface area contributed by atoms with Gasteiger partial charge in [0.1, 0.15) is 11.2 Å². The van der Waals surface area contributed by atoms with Crippen LogP contribution in [-0.4, -0.2) is 65.1 Å². The number of carbonyl (C=O) groups excluding carboxylic acids is 2. The number of rotatable bonds is 5. The lowest BCUT2D eigenvalue weighted by atomic mass is 9.76. The summed E-state index contributed by atoms with van der Waals surface area (Å²) < 4.78 is 18.5. The van der Waals surface area contributed by atoms with E-state index in [1.165, 1.54) is 16.7 Å². The molecule has 0 aliphatic carbocycles. The number of benzene rings is 2. The second-order valence-electron chi connectivity index (χ2n) is 14.1. The lowest BCUT2D eigenvalue weighted by Crippen LogP contribution is -2.53. The highest BCUT2D eigenvalue weighted by Gasteiger charge is 2.36. The summed E-state index contributed by atoms with van der Waals surface area (Å²) in [5.41, 5.74) is 5.24. The smallest absolute Gasteiger partial charge is 0.418 e. The first-order valence-electron chi connectivity index (χ1n) is 15.2. The Hall–Kier alpha value is -3.16. The molecule has 7 nitrogen and oxygen atoms in total. The number of fused-ring (bicyclic) bond motifs is 1. The van der Waals surface area contributed by atoms with Crippen LogP contribution in [0.15, 0.2) is 42.6 Å². The van der Waals surface area contributed by atoms with Crippen molar-refractivity contribution in [1.82, 2.24) is 9.47 Å². The van der Waals surface area contributed by atoms with Gasteiger partial charge in [-0.15, -0.1) is 0 Å². The number of hydrogen-bond acceptors (Lipinski definition) is 6. The molecule has 0 saturated carbocycles. The predicted octanol–water partition coefficient (Wildman–Crippen LogP) is 7.04. The third kappa shape index (κ3) is 6.57. The van der Waals surface area contributed by atoms with Crippen molar-refractivity contribution in [3.63, 3.8) is 0 Å². The summed E-state index contributed by atoms with van der Waals surface area (Å²) in [7, 11) is 0. The molecule has 3 aromatic rings. The molecule has 5 rings (SSSR count). The largest absolute Gasteiger partial charge is 0.456 e. The highest BCUT2D eigenvalue weighted by molar-refractivity contribution is 5.94. The lowest BCUT2D eigenvalue weighted by molar-refractivity contribution is -0.0769. The molecule has 226 valence electrons. The van der Waals surface area contributed by atoms with Crippen molar-refractivity contribution in [3.05, 3.63) is 70.4 Å². The topological polar surface area (TPSA) is 70.0 Å². The van der Waals surface area contributed by atoms with Crippen molar-refractivity contribution in [2.45, 2.75) is 91.4 Å². The average Bonchev–Trinajstić information content (AvgIpc) is 3.30. The zero-order valence-electron chi connectivity index (χ0n) is 26.5. The van der Waals surface area contributed by atoms with Crippen LogP contribution < -0.4 is 0 Å². The van der Waals surface area contributed by atoms with E-state index in [-0.39, 0.29) is 12.1 Å². The normalized spacial score (nSPS) is 20.4. The van der Waals surface area contributed by atoms with Crippen LogP contribution in [0, 0.1) is 19.8 Å². The van der Waals surface area contributed by atoms with E-state index in [1.54, 1.807) is 4.57 Å². The standard InChI is InChI=1S/C35H46N2O5/c1-22-17-23(2)31-28(14-16-37(31)33(39)42-35(6,7)8)29(22)18-26-13-15-36(27-20-40-21-27)19-30(26)24-9-11-25(12-10-24)32(38)41-34(3,4)5/h9-12,14,16-17,26-27,30H,13,15,18-21H2,1-8H3/t26-,30-/m0/s1. The van der Waals surface area contributed by atoms with Gasteiger partial charge in [0.2, 0.25) is 0 Å². The third-order valence-electron chi connectivity index (χ3n) is 8.45. The van der Waals surface area contributed by atoms with Crippen molar-refractivity contribution in [2.75, 3.05) is 26.3 Å². The summed E-state index contributed by atoms with van der Waals surface area (Å²) in [6.45, 7) is 19.2. The van der Waals surface area contributed by atoms with Gasteiger partial charge in [0.25, 0.3) is 0 Å². The summed E-state index contributed by atoms with van der Waals surface area (Å²) in [5.74, 6) is 0.412. The fourth-order valence-electron chi connectivity index (χ4n) is 6.38. The number of hydrogen-bond donors (Lipinski definition) is 0. The lowest BCUT2D eigenvalue weighted by Gasteiger charge is -2.45. The first kappa shape index (κ1) is 30.3. The van der Waals surface area contributed by atoms with Crippen molar-refractivity contribution >= 4 is 23.0 Å². The van der Waals surface area contributed by atoms with E-state index in [2.05, 4.69) is 43.0 Å². The number of aromatic nitrogens is 1. The van der Waals surface area contributed by atoms with E-state index < -0.39 is 11.2 Å². The van der Waals surface area contributed by atoms with Crippen molar-refractivity contribution in [2.24, 2.45) is 5.92 Å². The van der Waals surface area contributed by atoms with Gasteiger partial charge in [-0.05, 0) is 127 Å².